The molecule has 0 saturated carbocycles. The Morgan fingerprint density at radius 2 is 1.92 bits per heavy atom. The fourth-order valence-corrected chi connectivity index (χ4v) is 2.42. The van der Waals surface area contributed by atoms with Gasteiger partial charge in [-0.3, -0.25) is 9.59 Å². The van der Waals surface area contributed by atoms with E-state index in [1.807, 2.05) is 0 Å². The minimum Gasteiger partial charge on any atom is -0.330 e. The molecule has 2 aromatic rings. The number of pyridine rings is 1. The number of aromatic nitrogens is 1. The second-order valence-corrected chi connectivity index (χ2v) is 5.67. The molecule has 0 unspecified atom stereocenters. The molecule has 0 fully saturated rings. The molecule has 0 saturated heterocycles. The lowest BCUT2D eigenvalue weighted by atomic mass is 10.1. The number of benzene rings is 1. The highest BCUT2D eigenvalue weighted by Gasteiger charge is 2.33. The molecule has 0 aliphatic rings. The first-order chi connectivity index (χ1) is 12.2. The third-order valence-corrected chi connectivity index (χ3v) is 3.69. The summed E-state index contributed by atoms with van der Waals surface area (Å²) in [4.78, 5) is 29.5. The Morgan fingerprint density at radius 3 is 2.54 bits per heavy atom. The second kappa shape index (κ2) is 8.18. The van der Waals surface area contributed by atoms with Crippen molar-refractivity contribution in [3.8, 4) is 0 Å². The van der Waals surface area contributed by atoms with Gasteiger partial charge >= 0.3 is 6.18 Å². The molecule has 0 aliphatic carbocycles. The van der Waals surface area contributed by atoms with E-state index in [4.69, 9.17) is 11.6 Å². The molecule has 5 nitrogen and oxygen atoms in total. The van der Waals surface area contributed by atoms with Gasteiger partial charge in [-0.25, -0.2) is 4.98 Å². The summed E-state index contributed by atoms with van der Waals surface area (Å²) in [6.45, 7) is 1.44. The number of carbonyl (C=O) groups excluding carboxylic acids is 2. The van der Waals surface area contributed by atoms with Crippen LogP contribution in [0.4, 0.5) is 18.9 Å². The maximum absolute atomic E-state index is 13.0. The molecule has 138 valence electrons. The normalized spacial score (nSPS) is 11.1. The van der Waals surface area contributed by atoms with Crippen LogP contribution in [-0.2, 0) is 11.0 Å². The van der Waals surface area contributed by atoms with Crippen LogP contribution in [0, 0.1) is 0 Å². The zero-order valence-corrected chi connectivity index (χ0v) is 14.4. The molecule has 1 aromatic heterocycles. The molecular formula is C17H15ClF3N3O2. The Bertz CT molecular complexity index is 812. The van der Waals surface area contributed by atoms with Gasteiger partial charge in [-0.1, -0.05) is 23.7 Å². The Labute approximate surface area is 152 Å². The van der Waals surface area contributed by atoms with Gasteiger partial charge in [0.15, 0.2) is 0 Å². The Morgan fingerprint density at radius 1 is 1.23 bits per heavy atom. The van der Waals surface area contributed by atoms with E-state index in [-0.39, 0.29) is 22.9 Å². The van der Waals surface area contributed by atoms with Gasteiger partial charge in [0.1, 0.15) is 11.7 Å². The van der Waals surface area contributed by atoms with Gasteiger partial charge in [-0.15, -0.1) is 0 Å². The second-order valence-electron chi connectivity index (χ2n) is 5.28. The predicted molar refractivity (Wildman–Crippen MR) is 90.9 cm³/mol. The van der Waals surface area contributed by atoms with Gasteiger partial charge in [0.25, 0.3) is 5.91 Å². The Kier molecular flexibility index (Phi) is 6.20. The average molecular weight is 386 g/mol. The van der Waals surface area contributed by atoms with Crippen LogP contribution in [0.3, 0.4) is 0 Å². The number of nitrogens with one attached hydrogen (secondary N) is 1. The van der Waals surface area contributed by atoms with Crippen molar-refractivity contribution in [1.82, 2.24) is 9.88 Å². The number of hydrogen-bond acceptors (Lipinski definition) is 3. The molecule has 2 rings (SSSR count). The molecule has 0 atom stereocenters. The van der Waals surface area contributed by atoms with Crippen LogP contribution in [-0.4, -0.2) is 34.8 Å². The van der Waals surface area contributed by atoms with Crippen molar-refractivity contribution >= 4 is 29.1 Å². The molecule has 0 bridgehead atoms. The molecule has 0 spiro atoms. The molecule has 26 heavy (non-hydrogen) atoms. The summed E-state index contributed by atoms with van der Waals surface area (Å²) in [7, 11) is 0. The first-order valence-corrected chi connectivity index (χ1v) is 7.97. The SMILES string of the molecule is CCN(CC(=O)Nc1ccccc1C(F)(F)F)C(=O)c1ccnc(Cl)c1. The van der Waals surface area contributed by atoms with Crippen LogP contribution < -0.4 is 5.32 Å². The summed E-state index contributed by atoms with van der Waals surface area (Å²) in [5.74, 6) is -1.21. The number of likely N-dealkylation sites (N-methyl/N-ethyl adjacent to an activating group) is 1. The summed E-state index contributed by atoms with van der Waals surface area (Å²) in [6, 6.07) is 7.43. The number of hydrogen-bond donors (Lipinski definition) is 1. The molecular weight excluding hydrogens is 371 g/mol. The van der Waals surface area contributed by atoms with Crippen molar-refractivity contribution < 1.29 is 22.8 Å². The lowest BCUT2D eigenvalue weighted by Crippen LogP contribution is -2.38. The highest BCUT2D eigenvalue weighted by Crippen LogP contribution is 2.34. The zero-order chi connectivity index (χ0) is 19.3. The van der Waals surface area contributed by atoms with E-state index >= 15 is 0 Å². The van der Waals surface area contributed by atoms with E-state index < -0.39 is 30.1 Å². The zero-order valence-electron chi connectivity index (χ0n) is 13.7. The number of amides is 2. The predicted octanol–water partition coefficient (Wildman–Crippen LogP) is 3.85. The third kappa shape index (κ3) is 4.95. The van der Waals surface area contributed by atoms with Crippen LogP contribution in [0.5, 0.6) is 0 Å². The summed E-state index contributed by atoms with van der Waals surface area (Å²) in [5.41, 5.74) is -1.08. The fraction of sp³-hybridized carbons (Fsp3) is 0.235. The van der Waals surface area contributed by atoms with Crippen molar-refractivity contribution in [2.45, 2.75) is 13.1 Å². The first kappa shape index (κ1) is 19.7. The third-order valence-electron chi connectivity index (χ3n) is 3.48. The Balaban J connectivity index is 2.12. The van der Waals surface area contributed by atoms with Gasteiger partial charge in [-0.2, -0.15) is 13.2 Å². The van der Waals surface area contributed by atoms with Crippen molar-refractivity contribution in [1.29, 1.82) is 0 Å². The van der Waals surface area contributed by atoms with Crippen molar-refractivity contribution in [3.63, 3.8) is 0 Å². The smallest absolute Gasteiger partial charge is 0.330 e. The molecule has 1 aromatic carbocycles. The van der Waals surface area contributed by atoms with Crippen LogP contribution in [0.2, 0.25) is 5.15 Å². The summed E-state index contributed by atoms with van der Waals surface area (Å²) in [6.07, 6.45) is -3.25. The molecule has 9 heteroatoms. The first-order valence-electron chi connectivity index (χ1n) is 7.59. The van der Waals surface area contributed by atoms with E-state index in [0.717, 1.165) is 12.1 Å². The maximum atomic E-state index is 13.0. The summed E-state index contributed by atoms with van der Waals surface area (Å²) >= 11 is 5.74. The van der Waals surface area contributed by atoms with Gasteiger partial charge in [-0.05, 0) is 31.2 Å². The lowest BCUT2D eigenvalue weighted by molar-refractivity contribution is -0.137. The topological polar surface area (TPSA) is 62.3 Å². The number of halogens is 4. The molecule has 0 aliphatic heterocycles. The van der Waals surface area contributed by atoms with Gasteiger partial charge in [0.05, 0.1) is 11.3 Å². The quantitative estimate of drug-likeness (QED) is 0.795. The average Bonchev–Trinajstić information content (AvgIpc) is 2.58. The van der Waals surface area contributed by atoms with Crippen LogP contribution in [0.1, 0.15) is 22.8 Å². The largest absolute Gasteiger partial charge is 0.418 e. The molecule has 0 radical (unpaired) electrons. The standard InChI is InChI=1S/C17H15ClF3N3O2/c1-2-24(16(26)11-7-8-22-14(18)9-11)10-15(25)23-13-6-4-3-5-12(13)17(19,20)21/h3-9H,2,10H2,1H3,(H,23,25). The van der Waals surface area contributed by atoms with Gasteiger partial charge in [0, 0.05) is 18.3 Å². The van der Waals surface area contributed by atoms with E-state index in [2.05, 4.69) is 10.3 Å². The number of nitrogens with zero attached hydrogens (tertiary/aromatic N) is 2. The van der Waals surface area contributed by atoms with E-state index in [0.29, 0.717) is 0 Å². The monoisotopic (exact) mass is 385 g/mol. The number of rotatable bonds is 5. The number of para-hydroxylation sites is 1. The van der Waals surface area contributed by atoms with Crippen molar-refractivity contribution in [3.05, 3.63) is 58.9 Å². The van der Waals surface area contributed by atoms with E-state index in [1.165, 1.54) is 35.4 Å². The maximum Gasteiger partial charge on any atom is 0.418 e. The van der Waals surface area contributed by atoms with Crippen LogP contribution in [0.25, 0.3) is 0 Å². The highest BCUT2D eigenvalue weighted by molar-refractivity contribution is 6.29. The summed E-state index contributed by atoms with van der Waals surface area (Å²) < 4.78 is 38.9. The minimum atomic E-state index is -4.60. The lowest BCUT2D eigenvalue weighted by Gasteiger charge is -2.21. The fourth-order valence-electron chi connectivity index (χ4n) is 2.25. The number of anilines is 1. The molecule has 2 amide bonds. The minimum absolute atomic E-state index is 0.121. The van der Waals surface area contributed by atoms with Crippen LogP contribution >= 0.6 is 11.6 Å². The van der Waals surface area contributed by atoms with E-state index in [1.54, 1.807) is 6.92 Å². The van der Waals surface area contributed by atoms with Crippen molar-refractivity contribution in [2.24, 2.45) is 0 Å². The van der Waals surface area contributed by atoms with Crippen molar-refractivity contribution in [2.75, 3.05) is 18.4 Å². The van der Waals surface area contributed by atoms with Crippen LogP contribution in [0.15, 0.2) is 42.6 Å². The Hall–Kier alpha value is -2.61. The van der Waals surface area contributed by atoms with Gasteiger partial charge < -0.3 is 10.2 Å². The molecule has 1 N–H and O–H groups in total. The number of alkyl halides is 3. The number of carbonyl (C=O) groups is 2. The summed E-state index contributed by atoms with van der Waals surface area (Å²) in [5, 5.41) is 2.33. The van der Waals surface area contributed by atoms with E-state index in [9.17, 15) is 22.8 Å². The van der Waals surface area contributed by atoms with Gasteiger partial charge in [0.2, 0.25) is 5.91 Å². The molecule has 1 heterocycles. The highest BCUT2D eigenvalue weighted by atomic mass is 35.5.